The summed E-state index contributed by atoms with van der Waals surface area (Å²) in [5.74, 6) is -0.202. The van der Waals surface area contributed by atoms with E-state index in [9.17, 15) is 18.0 Å². The van der Waals surface area contributed by atoms with Crippen LogP contribution in [-0.2, 0) is 11.0 Å². The lowest BCUT2D eigenvalue weighted by Crippen LogP contribution is -2.62. The first-order valence-electron chi connectivity index (χ1n) is 6.35. The van der Waals surface area contributed by atoms with Gasteiger partial charge in [0.15, 0.2) is 0 Å². The largest absolute Gasteiger partial charge is 0.417 e. The lowest BCUT2D eigenvalue weighted by atomic mass is 9.96. The zero-order chi connectivity index (χ0) is 15.8. The summed E-state index contributed by atoms with van der Waals surface area (Å²) >= 11 is 0. The molecule has 1 N–H and O–H groups in total. The summed E-state index contributed by atoms with van der Waals surface area (Å²) in [6, 6.07) is 4.94. The second kappa shape index (κ2) is 4.95. The molecule has 1 aromatic rings. The van der Waals surface area contributed by atoms with E-state index in [1.807, 2.05) is 0 Å². The monoisotopic (exact) mass is 297 g/mol. The summed E-state index contributed by atoms with van der Waals surface area (Å²) < 4.78 is 38.4. The van der Waals surface area contributed by atoms with Gasteiger partial charge in [0, 0.05) is 18.8 Å². The number of nitrogens with one attached hydrogen (secondary N) is 1. The number of carbonyl (C=O) groups is 1. The van der Waals surface area contributed by atoms with Gasteiger partial charge < -0.3 is 10.2 Å². The fourth-order valence-corrected chi connectivity index (χ4v) is 2.39. The second-order valence-corrected chi connectivity index (χ2v) is 5.31. The Morgan fingerprint density at radius 3 is 2.62 bits per heavy atom. The van der Waals surface area contributed by atoms with Gasteiger partial charge in [0.2, 0.25) is 5.91 Å². The number of rotatable bonds is 1. The number of piperazine rings is 1. The maximum Gasteiger partial charge on any atom is 0.417 e. The Morgan fingerprint density at radius 1 is 1.38 bits per heavy atom. The molecule has 1 fully saturated rings. The van der Waals surface area contributed by atoms with Gasteiger partial charge in [-0.25, -0.2) is 0 Å². The fourth-order valence-electron chi connectivity index (χ4n) is 2.39. The minimum Gasteiger partial charge on any atom is -0.356 e. The van der Waals surface area contributed by atoms with Gasteiger partial charge in [-0.1, -0.05) is 0 Å². The van der Waals surface area contributed by atoms with Crippen molar-refractivity contribution in [3.8, 4) is 6.07 Å². The van der Waals surface area contributed by atoms with Crippen molar-refractivity contribution in [3.05, 3.63) is 29.3 Å². The molecular weight excluding hydrogens is 283 g/mol. The zero-order valence-corrected chi connectivity index (χ0v) is 11.6. The van der Waals surface area contributed by atoms with E-state index in [4.69, 9.17) is 5.26 Å². The van der Waals surface area contributed by atoms with Crippen LogP contribution in [0.5, 0.6) is 0 Å². The molecule has 2 rings (SSSR count). The van der Waals surface area contributed by atoms with E-state index in [2.05, 4.69) is 5.32 Å². The van der Waals surface area contributed by atoms with Crippen LogP contribution in [-0.4, -0.2) is 24.5 Å². The number of nitrogens with zero attached hydrogens (tertiary/aromatic N) is 2. The molecular formula is C14H14F3N3O. The number of benzene rings is 1. The summed E-state index contributed by atoms with van der Waals surface area (Å²) in [6.45, 7) is 4.25. The van der Waals surface area contributed by atoms with Gasteiger partial charge in [0.1, 0.15) is 5.54 Å². The topological polar surface area (TPSA) is 56.1 Å². The predicted octanol–water partition coefficient (Wildman–Crippen LogP) is 2.29. The Bertz CT molecular complexity index is 617. The summed E-state index contributed by atoms with van der Waals surface area (Å²) in [6.07, 6.45) is -4.57. The molecule has 1 saturated heterocycles. The molecule has 1 aliphatic rings. The standard InChI is InChI=1S/C14H14F3N3O/c1-13(2)12(21)19-5-6-20(13)10-3-4-11(14(15,16)17)9(7-10)8-18/h3-4,7H,5-6H2,1-2H3,(H,19,21). The lowest BCUT2D eigenvalue weighted by Gasteiger charge is -2.43. The lowest BCUT2D eigenvalue weighted by molar-refractivity contribution is -0.137. The van der Waals surface area contributed by atoms with Gasteiger partial charge in [0.05, 0.1) is 17.2 Å². The number of nitriles is 1. The number of amides is 1. The highest BCUT2D eigenvalue weighted by molar-refractivity contribution is 5.90. The van der Waals surface area contributed by atoms with Crippen LogP contribution in [0.4, 0.5) is 18.9 Å². The maximum atomic E-state index is 12.8. The fraction of sp³-hybridized carbons (Fsp3) is 0.429. The van der Waals surface area contributed by atoms with Crippen molar-refractivity contribution in [2.75, 3.05) is 18.0 Å². The molecule has 7 heteroatoms. The number of hydrogen-bond donors (Lipinski definition) is 1. The molecule has 0 aromatic heterocycles. The van der Waals surface area contributed by atoms with Crippen molar-refractivity contribution in [3.63, 3.8) is 0 Å². The van der Waals surface area contributed by atoms with E-state index in [1.54, 1.807) is 24.8 Å². The summed E-state index contributed by atoms with van der Waals surface area (Å²) in [4.78, 5) is 13.6. The minimum absolute atomic E-state index is 0.202. The van der Waals surface area contributed by atoms with E-state index in [0.717, 1.165) is 6.07 Å². The van der Waals surface area contributed by atoms with Crippen LogP contribution in [0.1, 0.15) is 25.0 Å². The van der Waals surface area contributed by atoms with Gasteiger partial charge in [-0.3, -0.25) is 4.79 Å². The first-order valence-corrected chi connectivity index (χ1v) is 6.35. The Kier molecular flexibility index (Phi) is 3.58. The molecule has 1 heterocycles. The summed E-state index contributed by atoms with van der Waals surface area (Å²) in [5, 5.41) is 11.6. The normalized spacial score (nSPS) is 18.1. The van der Waals surface area contributed by atoms with Crippen molar-refractivity contribution in [2.45, 2.75) is 25.6 Å². The van der Waals surface area contributed by atoms with Crippen LogP contribution < -0.4 is 10.2 Å². The van der Waals surface area contributed by atoms with Crippen LogP contribution in [0, 0.1) is 11.3 Å². The Labute approximate surface area is 120 Å². The van der Waals surface area contributed by atoms with Crippen molar-refractivity contribution in [1.29, 1.82) is 5.26 Å². The van der Waals surface area contributed by atoms with Crippen molar-refractivity contribution >= 4 is 11.6 Å². The Morgan fingerprint density at radius 2 is 2.05 bits per heavy atom. The molecule has 0 unspecified atom stereocenters. The zero-order valence-electron chi connectivity index (χ0n) is 11.6. The molecule has 0 atom stereocenters. The van der Waals surface area contributed by atoms with E-state index in [1.165, 1.54) is 12.1 Å². The van der Waals surface area contributed by atoms with Gasteiger partial charge in [-0.05, 0) is 32.0 Å². The molecule has 0 aliphatic carbocycles. The Hall–Kier alpha value is -2.23. The van der Waals surface area contributed by atoms with Gasteiger partial charge >= 0.3 is 6.18 Å². The van der Waals surface area contributed by atoms with E-state index >= 15 is 0 Å². The molecule has 0 spiro atoms. The smallest absolute Gasteiger partial charge is 0.356 e. The average Bonchev–Trinajstić information content (AvgIpc) is 2.40. The summed E-state index contributed by atoms with van der Waals surface area (Å²) in [7, 11) is 0. The molecule has 4 nitrogen and oxygen atoms in total. The number of hydrogen-bond acceptors (Lipinski definition) is 3. The molecule has 0 saturated carbocycles. The van der Waals surface area contributed by atoms with Gasteiger partial charge in [-0.15, -0.1) is 0 Å². The van der Waals surface area contributed by atoms with Crippen LogP contribution >= 0.6 is 0 Å². The number of alkyl halides is 3. The van der Waals surface area contributed by atoms with Crippen LogP contribution in [0.25, 0.3) is 0 Å². The number of carbonyl (C=O) groups excluding carboxylic acids is 1. The number of halogens is 3. The molecule has 1 amide bonds. The highest BCUT2D eigenvalue weighted by Gasteiger charge is 2.39. The Balaban J connectivity index is 2.47. The van der Waals surface area contributed by atoms with E-state index < -0.39 is 22.8 Å². The quantitative estimate of drug-likeness (QED) is 0.865. The maximum absolute atomic E-state index is 12.8. The third-order valence-corrected chi connectivity index (χ3v) is 3.59. The van der Waals surface area contributed by atoms with E-state index in [0.29, 0.717) is 18.8 Å². The second-order valence-electron chi connectivity index (χ2n) is 5.31. The highest BCUT2D eigenvalue weighted by Crippen LogP contribution is 2.35. The third-order valence-electron chi connectivity index (χ3n) is 3.59. The van der Waals surface area contributed by atoms with Gasteiger partial charge in [-0.2, -0.15) is 18.4 Å². The highest BCUT2D eigenvalue weighted by atomic mass is 19.4. The summed E-state index contributed by atoms with van der Waals surface area (Å²) in [5.41, 5.74) is -1.86. The molecule has 1 aliphatic heterocycles. The van der Waals surface area contributed by atoms with Crippen LogP contribution in [0.3, 0.4) is 0 Å². The molecule has 1 aromatic carbocycles. The van der Waals surface area contributed by atoms with Crippen LogP contribution in [0.2, 0.25) is 0 Å². The predicted molar refractivity (Wildman–Crippen MR) is 70.6 cm³/mol. The van der Waals surface area contributed by atoms with Crippen molar-refractivity contribution in [1.82, 2.24) is 5.32 Å². The van der Waals surface area contributed by atoms with Crippen molar-refractivity contribution in [2.24, 2.45) is 0 Å². The SMILES string of the molecule is CC1(C)C(=O)NCCN1c1ccc(C(F)(F)F)c(C#N)c1. The van der Waals surface area contributed by atoms with Crippen molar-refractivity contribution < 1.29 is 18.0 Å². The van der Waals surface area contributed by atoms with Gasteiger partial charge in [0.25, 0.3) is 0 Å². The van der Waals surface area contributed by atoms with E-state index in [-0.39, 0.29) is 5.91 Å². The number of anilines is 1. The molecule has 21 heavy (non-hydrogen) atoms. The first kappa shape index (κ1) is 15.2. The molecule has 0 bridgehead atoms. The molecule has 0 radical (unpaired) electrons. The first-order chi connectivity index (χ1) is 9.67. The minimum atomic E-state index is -4.57. The molecule has 112 valence electrons. The van der Waals surface area contributed by atoms with Crippen LogP contribution in [0.15, 0.2) is 18.2 Å². The third kappa shape index (κ3) is 2.66. The average molecular weight is 297 g/mol.